The monoisotopic (exact) mass is 391 g/mol. The quantitative estimate of drug-likeness (QED) is 0.714. The van der Waals surface area contributed by atoms with E-state index in [1.165, 1.54) is 13.2 Å². The highest BCUT2D eigenvalue weighted by Gasteiger charge is 2.26. The molecule has 0 aliphatic rings. The first-order valence-corrected chi connectivity index (χ1v) is 9.67. The molecule has 0 aliphatic carbocycles. The van der Waals surface area contributed by atoms with Crippen LogP contribution < -0.4 is 9.46 Å². The minimum Gasteiger partial charge on any atom is -0.495 e. The Kier molecular flexibility index (Phi) is 4.93. The molecule has 26 heavy (non-hydrogen) atoms. The molecule has 0 fully saturated rings. The number of halogens is 1. The highest BCUT2D eigenvalue weighted by Crippen LogP contribution is 2.31. The summed E-state index contributed by atoms with van der Waals surface area (Å²) >= 11 is 5.99. The van der Waals surface area contributed by atoms with Crippen molar-refractivity contribution in [2.24, 2.45) is 0 Å². The Morgan fingerprint density at radius 3 is 2.46 bits per heavy atom. The van der Waals surface area contributed by atoms with Gasteiger partial charge >= 0.3 is 0 Å². The van der Waals surface area contributed by atoms with Crippen LogP contribution in [0.4, 0.5) is 5.69 Å². The third-order valence-corrected chi connectivity index (χ3v) is 5.75. The third-order valence-electron chi connectivity index (χ3n) is 3.90. The Hall–Kier alpha value is -2.51. The smallest absolute Gasteiger partial charge is 0.265 e. The van der Waals surface area contributed by atoms with Crippen molar-refractivity contribution in [2.75, 3.05) is 11.8 Å². The average Bonchev–Trinajstić information content (AvgIpc) is 2.90. The van der Waals surface area contributed by atoms with Crippen LogP contribution in [-0.2, 0) is 10.0 Å². The molecule has 1 N–H and O–H groups in total. The number of nitrogens with zero attached hydrogens (tertiary/aromatic N) is 2. The molecule has 0 amide bonds. The summed E-state index contributed by atoms with van der Waals surface area (Å²) in [7, 11) is -2.42. The number of hydrogen-bond acceptors (Lipinski definition) is 4. The summed E-state index contributed by atoms with van der Waals surface area (Å²) in [5, 5.41) is 4.79. The molecule has 0 unspecified atom stereocenters. The number of rotatable bonds is 5. The maximum absolute atomic E-state index is 13.0. The first-order chi connectivity index (χ1) is 12.3. The lowest BCUT2D eigenvalue weighted by molar-refractivity contribution is 0.417. The predicted molar refractivity (Wildman–Crippen MR) is 102 cm³/mol. The summed E-state index contributed by atoms with van der Waals surface area (Å²) < 4.78 is 35.4. The lowest BCUT2D eigenvalue weighted by atomic mass is 10.3. The second kappa shape index (κ2) is 7.01. The van der Waals surface area contributed by atoms with E-state index < -0.39 is 10.0 Å². The number of para-hydroxylation sites is 1. The van der Waals surface area contributed by atoms with Crippen LogP contribution in [0.1, 0.15) is 11.4 Å². The average molecular weight is 392 g/mol. The number of benzene rings is 2. The summed E-state index contributed by atoms with van der Waals surface area (Å²) in [6.07, 6.45) is 0. The van der Waals surface area contributed by atoms with Gasteiger partial charge in [0, 0.05) is 5.02 Å². The Labute approximate surface area is 157 Å². The van der Waals surface area contributed by atoms with Gasteiger partial charge in [-0.15, -0.1) is 0 Å². The fourth-order valence-corrected chi connectivity index (χ4v) is 4.42. The standard InChI is InChI=1S/C18H18ClN3O3S/c1-12-18(13(2)22(20-12)15-7-5-4-6-8-15)26(23,24)21-16-11-14(19)9-10-17(16)25-3/h4-11,21H,1-3H3. The molecular weight excluding hydrogens is 374 g/mol. The minimum atomic E-state index is -3.88. The van der Waals surface area contributed by atoms with Crippen LogP contribution in [0.5, 0.6) is 5.75 Å². The van der Waals surface area contributed by atoms with Gasteiger partial charge in [-0.25, -0.2) is 13.1 Å². The number of aryl methyl sites for hydroxylation is 1. The largest absolute Gasteiger partial charge is 0.495 e. The van der Waals surface area contributed by atoms with E-state index in [4.69, 9.17) is 16.3 Å². The lowest BCUT2D eigenvalue weighted by Crippen LogP contribution is -2.15. The number of anilines is 1. The van der Waals surface area contributed by atoms with Crippen molar-refractivity contribution in [3.05, 3.63) is 64.9 Å². The Balaban J connectivity index is 2.06. The van der Waals surface area contributed by atoms with Gasteiger partial charge < -0.3 is 4.74 Å². The minimum absolute atomic E-state index is 0.128. The van der Waals surface area contributed by atoms with Crippen LogP contribution in [0.3, 0.4) is 0 Å². The van der Waals surface area contributed by atoms with Gasteiger partial charge in [-0.3, -0.25) is 4.72 Å². The summed E-state index contributed by atoms with van der Waals surface area (Å²) in [6.45, 7) is 3.38. The molecule has 8 heteroatoms. The third kappa shape index (κ3) is 3.40. The molecule has 3 rings (SSSR count). The van der Waals surface area contributed by atoms with E-state index in [-0.39, 0.29) is 10.6 Å². The predicted octanol–water partition coefficient (Wildman–Crippen LogP) is 3.95. The highest BCUT2D eigenvalue weighted by molar-refractivity contribution is 7.92. The lowest BCUT2D eigenvalue weighted by Gasteiger charge is -2.12. The molecule has 0 saturated carbocycles. The van der Waals surface area contributed by atoms with Crippen LogP contribution in [0.15, 0.2) is 53.4 Å². The van der Waals surface area contributed by atoms with Crippen molar-refractivity contribution >= 4 is 27.3 Å². The second-order valence-corrected chi connectivity index (χ2v) is 7.75. The summed E-state index contributed by atoms with van der Waals surface area (Å²) in [5.41, 5.74) is 1.98. The summed E-state index contributed by atoms with van der Waals surface area (Å²) in [5.74, 6) is 0.378. The number of sulfonamides is 1. The fourth-order valence-electron chi connectivity index (χ4n) is 2.79. The molecule has 1 aromatic heterocycles. The van der Waals surface area contributed by atoms with Gasteiger partial charge in [0.05, 0.1) is 29.9 Å². The van der Waals surface area contributed by atoms with E-state index in [1.54, 1.807) is 30.7 Å². The molecule has 0 bridgehead atoms. The Morgan fingerprint density at radius 1 is 1.12 bits per heavy atom. The van der Waals surface area contributed by atoms with Crippen molar-refractivity contribution < 1.29 is 13.2 Å². The zero-order valence-electron chi connectivity index (χ0n) is 14.5. The van der Waals surface area contributed by atoms with E-state index >= 15 is 0 Å². The van der Waals surface area contributed by atoms with Gasteiger partial charge in [0.15, 0.2) is 0 Å². The highest BCUT2D eigenvalue weighted by atomic mass is 35.5. The van der Waals surface area contributed by atoms with Crippen molar-refractivity contribution in [2.45, 2.75) is 18.7 Å². The molecule has 6 nitrogen and oxygen atoms in total. The van der Waals surface area contributed by atoms with E-state index in [9.17, 15) is 8.42 Å². The van der Waals surface area contributed by atoms with Crippen LogP contribution in [-0.4, -0.2) is 25.3 Å². The van der Waals surface area contributed by atoms with Crippen molar-refractivity contribution in [1.82, 2.24) is 9.78 Å². The summed E-state index contributed by atoms with van der Waals surface area (Å²) in [4.78, 5) is 0.128. The molecular formula is C18H18ClN3O3S. The molecule has 0 saturated heterocycles. The van der Waals surface area contributed by atoms with Crippen molar-refractivity contribution in [1.29, 1.82) is 0 Å². The van der Waals surface area contributed by atoms with Crippen LogP contribution in [0.2, 0.25) is 5.02 Å². The van der Waals surface area contributed by atoms with E-state index in [0.717, 1.165) is 5.69 Å². The number of ether oxygens (including phenoxy) is 1. The molecule has 0 aliphatic heterocycles. The molecule has 3 aromatic rings. The van der Waals surface area contributed by atoms with Gasteiger partial charge in [0.1, 0.15) is 10.6 Å². The Morgan fingerprint density at radius 2 is 1.81 bits per heavy atom. The van der Waals surface area contributed by atoms with Gasteiger partial charge in [0.2, 0.25) is 0 Å². The van der Waals surface area contributed by atoms with E-state index in [1.807, 2.05) is 30.3 Å². The molecule has 0 atom stereocenters. The first-order valence-electron chi connectivity index (χ1n) is 7.81. The fraction of sp³-hybridized carbons (Fsp3) is 0.167. The zero-order valence-corrected chi connectivity index (χ0v) is 16.1. The summed E-state index contributed by atoms with van der Waals surface area (Å²) in [6, 6.07) is 14.1. The van der Waals surface area contributed by atoms with Crippen molar-refractivity contribution in [3.8, 4) is 11.4 Å². The maximum atomic E-state index is 13.0. The van der Waals surface area contributed by atoms with E-state index in [0.29, 0.717) is 22.2 Å². The number of methoxy groups -OCH3 is 1. The van der Waals surface area contributed by atoms with Crippen LogP contribution in [0, 0.1) is 13.8 Å². The van der Waals surface area contributed by atoms with E-state index in [2.05, 4.69) is 9.82 Å². The number of hydrogen-bond donors (Lipinski definition) is 1. The molecule has 0 spiro atoms. The molecule has 136 valence electrons. The van der Waals surface area contributed by atoms with Crippen molar-refractivity contribution in [3.63, 3.8) is 0 Å². The first kappa shape index (κ1) is 18.3. The zero-order chi connectivity index (χ0) is 18.9. The van der Waals surface area contributed by atoms with Gasteiger partial charge in [-0.05, 0) is 44.2 Å². The van der Waals surface area contributed by atoms with Gasteiger partial charge in [0.25, 0.3) is 10.0 Å². The Bertz CT molecular complexity index is 1050. The number of aromatic nitrogens is 2. The topological polar surface area (TPSA) is 73.2 Å². The van der Waals surface area contributed by atoms with Crippen LogP contribution in [0.25, 0.3) is 5.69 Å². The number of nitrogens with one attached hydrogen (secondary N) is 1. The molecule has 1 heterocycles. The van der Waals surface area contributed by atoms with Crippen LogP contribution >= 0.6 is 11.6 Å². The maximum Gasteiger partial charge on any atom is 0.265 e. The van der Waals surface area contributed by atoms with Gasteiger partial charge in [-0.1, -0.05) is 29.8 Å². The normalized spacial score (nSPS) is 11.4. The second-order valence-electron chi connectivity index (χ2n) is 5.70. The SMILES string of the molecule is COc1ccc(Cl)cc1NS(=O)(=O)c1c(C)nn(-c2ccccc2)c1C. The van der Waals surface area contributed by atoms with Gasteiger partial charge in [-0.2, -0.15) is 5.10 Å². The molecule has 0 radical (unpaired) electrons. The molecule has 2 aromatic carbocycles.